The first-order valence-corrected chi connectivity index (χ1v) is 8.77. The predicted molar refractivity (Wildman–Crippen MR) is 101 cm³/mol. The van der Waals surface area contributed by atoms with Gasteiger partial charge in [-0.2, -0.15) is 0 Å². The van der Waals surface area contributed by atoms with Crippen molar-refractivity contribution in [2.75, 3.05) is 43.1 Å². The van der Waals surface area contributed by atoms with Crippen LogP contribution in [0, 0.1) is 0 Å². The van der Waals surface area contributed by atoms with E-state index in [-0.39, 0.29) is 12.5 Å². The van der Waals surface area contributed by atoms with E-state index in [9.17, 15) is 4.79 Å². The van der Waals surface area contributed by atoms with Crippen molar-refractivity contribution in [3.8, 4) is 0 Å². The van der Waals surface area contributed by atoms with Gasteiger partial charge in [0.2, 0.25) is 5.91 Å². The molecule has 2 aromatic rings. The number of hydrogen-bond donors (Lipinski definition) is 2. The van der Waals surface area contributed by atoms with Crippen LogP contribution in [0.5, 0.6) is 0 Å². The van der Waals surface area contributed by atoms with E-state index in [0.29, 0.717) is 24.8 Å². The lowest BCUT2D eigenvalue weighted by atomic mass is 10.2. The fourth-order valence-electron chi connectivity index (χ4n) is 2.78. The number of rotatable bonds is 6. The van der Waals surface area contributed by atoms with Crippen molar-refractivity contribution in [1.82, 2.24) is 5.32 Å². The van der Waals surface area contributed by atoms with E-state index < -0.39 is 0 Å². The average molecular weight is 360 g/mol. The standard InChI is InChI=1S/C19H22ClN3O2/c20-16-7-5-15(6-8-16)13-21-14-19(24)22-17-3-1-2-4-18(17)23-9-11-25-12-10-23/h1-8,21H,9-14H2,(H,22,24). The van der Waals surface area contributed by atoms with Crippen LogP contribution in [0.1, 0.15) is 5.56 Å². The van der Waals surface area contributed by atoms with Crippen LogP contribution in [0.2, 0.25) is 5.02 Å². The Morgan fingerprint density at radius 3 is 2.56 bits per heavy atom. The number of halogens is 1. The number of amides is 1. The number of nitrogens with one attached hydrogen (secondary N) is 2. The summed E-state index contributed by atoms with van der Waals surface area (Å²) >= 11 is 5.87. The molecular formula is C19H22ClN3O2. The quantitative estimate of drug-likeness (QED) is 0.832. The number of para-hydroxylation sites is 2. The summed E-state index contributed by atoms with van der Waals surface area (Å²) in [6.45, 7) is 3.97. The minimum atomic E-state index is -0.0605. The first kappa shape index (κ1) is 17.7. The van der Waals surface area contributed by atoms with Crippen LogP contribution in [-0.2, 0) is 16.1 Å². The lowest BCUT2D eigenvalue weighted by Crippen LogP contribution is -2.37. The summed E-state index contributed by atoms with van der Waals surface area (Å²) in [4.78, 5) is 14.5. The Hall–Kier alpha value is -2.08. The minimum Gasteiger partial charge on any atom is -0.378 e. The minimum absolute atomic E-state index is 0.0605. The summed E-state index contributed by atoms with van der Waals surface area (Å²) in [6, 6.07) is 15.5. The summed E-state index contributed by atoms with van der Waals surface area (Å²) in [5, 5.41) is 6.86. The monoisotopic (exact) mass is 359 g/mol. The third-order valence-electron chi connectivity index (χ3n) is 4.06. The van der Waals surface area contributed by atoms with E-state index in [1.165, 1.54) is 0 Å². The van der Waals surface area contributed by atoms with Gasteiger partial charge in [-0.3, -0.25) is 4.79 Å². The molecule has 0 radical (unpaired) electrons. The summed E-state index contributed by atoms with van der Waals surface area (Å²) in [5.41, 5.74) is 2.96. The molecule has 132 valence electrons. The Kier molecular flexibility index (Phi) is 6.28. The van der Waals surface area contributed by atoms with Gasteiger partial charge in [-0.15, -0.1) is 0 Å². The molecule has 1 fully saturated rings. The van der Waals surface area contributed by atoms with Gasteiger partial charge in [0.15, 0.2) is 0 Å². The second kappa shape index (κ2) is 8.85. The van der Waals surface area contributed by atoms with Gasteiger partial charge in [-0.25, -0.2) is 0 Å². The van der Waals surface area contributed by atoms with Gasteiger partial charge in [0, 0.05) is 24.7 Å². The highest BCUT2D eigenvalue weighted by Crippen LogP contribution is 2.26. The molecular weight excluding hydrogens is 338 g/mol. The highest BCUT2D eigenvalue weighted by molar-refractivity contribution is 6.30. The van der Waals surface area contributed by atoms with Gasteiger partial charge in [0.1, 0.15) is 0 Å². The number of carbonyl (C=O) groups excluding carboxylic acids is 1. The highest BCUT2D eigenvalue weighted by atomic mass is 35.5. The molecule has 6 heteroatoms. The lowest BCUT2D eigenvalue weighted by molar-refractivity contribution is -0.115. The van der Waals surface area contributed by atoms with Crippen LogP contribution in [0.25, 0.3) is 0 Å². The molecule has 0 saturated carbocycles. The third-order valence-corrected chi connectivity index (χ3v) is 4.31. The van der Waals surface area contributed by atoms with Gasteiger partial charge < -0.3 is 20.3 Å². The summed E-state index contributed by atoms with van der Waals surface area (Å²) < 4.78 is 5.40. The number of ether oxygens (including phenoxy) is 1. The Bertz CT molecular complexity index is 700. The van der Waals surface area contributed by atoms with Gasteiger partial charge >= 0.3 is 0 Å². The molecule has 1 saturated heterocycles. The molecule has 1 aliphatic heterocycles. The van der Waals surface area contributed by atoms with Gasteiger partial charge in [-0.05, 0) is 29.8 Å². The number of morpholine rings is 1. The topological polar surface area (TPSA) is 53.6 Å². The molecule has 1 amide bonds. The average Bonchev–Trinajstić information content (AvgIpc) is 2.64. The molecule has 2 N–H and O–H groups in total. The second-order valence-electron chi connectivity index (χ2n) is 5.89. The molecule has 25 heavy (non-hydrogen) atoms. The Labute approximate surface area is 152 Å². The van der Waals surface area contributed by atoms with E-state index in [2.05, 4.69) is 15.5 Å². The summed E-state index contributed by atoms with van der Waals surface area (Å²) in [5.74, 6) is -0.0605. The van der Waals surface area contributed by atoms with E-state index in [0.717, 1.165) is 30.0 Å². The van der Waals surface area contributed by atoms with Gasteiger partial charge in [0.25, 0.3) is 0 Å². The maximum atomic E-state index is 12.3. The molecule has 0 unspecified atom stereocenters. The van der Waals surface area contributed by atoms with E-state index in [1.807, 2.05) is 48.5 Å². The van der Waals surface area contributed by atoms with Crippen molar-refractivity contribution < 1.29 is 9.53 Å². The second-order valence-corrected chi connectivity index (χ2v) is 6.33. The number of hydrogen-bond acceptors (Lipinski definition) is 4. The van der Waals surface area contributed by atoms with Crippen LogP contribution in [-0.4, -0.2) is 38.8 Å². The molecule has 0 bridgehead atoms. The fourth-order valence-corrected chi connectivity index (χ4v) is 2.90. The van der Waals surface area contributed by atoms with Crippen LogP contribution in [0.15, 0.2) is 48.5 Å². The molecule has 0 spiro atoms. The highest BCUT2D eigenvalue weighted by Gasteiger charge is 2.15. The van der Waals surface area contributed by atoms with Gasteiger partial charge in [-0.1, -0.05) is 35.9 Å². The zero-order chi connectivity index (χ0) is 17.5. The maximum absolute atomic E-state index is 12.3. The van der Waals surface area contributed by atoms with Crippen LogP contribution >= 0.6 is 11.6 Å². The lowest BCUT2D eigenvalue weighted by Gasteiger charge is -2.30. The number of nitrogens with zero attached hydrogens (tertiary/aromatic N) is 1. The Morgan fingerprint density at radius 2 is 1.80 bits per heavy atom. The van der Waals surface area contributed by atoms with Crippen molar-refractivity contribution in [1.29, 1.82) is 0 Å². The summed E-state index contributed by atoms with van der Waals surface area (Å²) in [7, 11) is 0. The van der Waals surface area contributed by atoms with Crippen molar-refractivity contribution in [2.45, 2.75) is 6.54 Å². The van der Waals surface area contributed by atoms with E-state index in [1.54, 1.807) is 0 Å². The van der Waals surface area contributed by atoms with Crippen LogP contribution in [0.3, 0.4) is 0 Å². The zero-order valence-electron chi connectivity index (χ0n) is 14.0. The van der Waals surface area contributed by atoms with Gasteiger partial charge in [0.05, 0.1) is 31.1 Å². The SMILES string of the molecule is O=C(CNCc1ccc(Cl)cc1)Nc1ccccc1N1CCOCC1. The van der Waals surface area contributed by atoms with Crippen molar-refractivity contribution in [3.05, 3.63) is 59.1 Å². The number of benzene rings is 2. The molecule has 0 aromatic heterocycles. The smallest absolute Gasteiger partial charge is 0.238 e. The van der Waals surface area contributed by atoms with E-state index >= 15 is 0 Å². The Balaban J connectivity index is 1.53. The first-order chi connectivity index (χ1) is 12.2. The van der Waals surface area contributed by atoms with Crippen LogP contribution < -0.4 is 15.5 Å². The fraction of sp³-hybridized carbons (Fsp3) is 0.316. The normalized spacial score (nSPS) is 14.4. The number of carbonyl (C=O) groups is 1. The van der Waals surface area contributed by atoms with Crippen molar-refractivity contribution in [3.63, 3.8) is 0 Å². The molecule has 0 atom stereocenters. The third kappa shape index (κ3) is 5.19. The van der Waals surface area contributed by atoms with Crippen LogP contribution in [0.4, 0.5) is 11.4 Å². The Morgan fingerprint density at radius 1 is 1.08 bits per heavy atom. The molecule has 5 nitrogen and oxygen atoms in total. The first-order valence-electron chi connectivity index (χ1n) is 8.39. The van der Waals surface area contributed by atoms with E-state index in [4.69, 9.17) is 16.3 Å². The summed E-state index contributed by atoms with van der Waals surface area (Å²) in [6.07, 6.45) is 0. The molecule has 3 rings (SSSR count). The number of anilines is 2. The predicted octanol–water partition coefficient (Wildman–Crippen LogP) is 2.90. The molecule has 1 heterocycles. The molecule has 1 aliphatic rings. The van der Waals surface area contributed by atoms with Crippen molar-refractivity contribution in [2.24, 2.45) is 0 Å². The molecule has 0 aliphatic carbocycles. The van der Waals surface area contributed by atoms with Crippen molar-refractivity contribution >= 4 is 28.9 Å². The maximum Gasteiger partial charge on any atom is 0.238 e. The largest absolute Gasteiger partial charge is 0.378 e. The molecule has 2 aromatic carbocycles. The zero-order valence-corrected chi connectivity index (χ0v) is 14.8.